The fraction of sp³-hybridized carbons (Fsp3) is 0.174. The molecule has 142 valence electrons. The van der Waals surface area contributed by atoms with Crippen LogP contribution in [-0.4, -0.2) is 11.9 Å². The minimum absolute atomic E-state index is 0.0939. The molecule has 4 rings (SSSR count). The minimum atomic E-state index is -0.355. The molecular formula is C23H20F2N2O. The fourth-order valence-corrected chi connectivity index (χ4v) is 3.75. The number of rotatable bonds is 3. The highest BCUT2D eigenvalue weighted by molar-refractivity contribution is 6.07. The number of nitrogens with one attached hydrogen (secondary N) is 1. The maximum absolute atomic E-state index is 14.0. The number of benzene rings is 3. The second-order valence-corrected chi connectivity index (χ2v) is 7.03. The van der Waals surface area contributed by atoms with Gasteiger partial charge in [0.25, 0.3) is 5.91 Å². The molecule has 28 heavy (non-hydrogen) atoms. The number of carbonyl (C=O) groups excluding carboxylic acids is 1. The van der Waals surface area contributed by atoms with Crippen molar-refractivity contribution >= 4 is 17.3 Å². The van der Waals surface area contributed by atoms with E-state index in [9.17, 15) is 13.6 Å². The number of hydrogen-bond acceptors (Lipinski definition) is 2. The summed E-state index contributed by atoms with van der Waals surface area (Å²) < 4.78 is 27.2. The van der Waals surface area contributed by atoms with Crippen molar-refractivity contribution in [1.82, 2.24) is 0 Å². The molecule has 0 radical (unpaired) electrons. The second-order valence-electron chi connectivity index (χ2n) is 7.03. The maximum Gasteiger partial charge on any atom is 0.258 e. The molecule has 1 aliphatic rings. The lowest BCUT2D eigenvalue weighted by molar-refractivity contribution is 0.0974. The lowest BCUT2D eigenvalue weighted by atomic mass is 9.90. The Hall–Kier alpha value is -3.21. The highest BCUT2D eigenvalue weighted by Crippen LogP contribution is 2.40. The Bertz CT molecular complexity index is 989. The number of hydrogen-bond donors (Lipinski definition) is 1. The van der Waals surface area contributed by atoms with Crippen molar-refractivity contribution < 1.29 is 13.6 Å². The van der Waals surface area contributed by atoms with Crippen molar-refractivity contribution in [2.24, 2.45) is 0 Å². The maximum atomic E-state index is 14.0. The second kappa shape index (κ2) is 7.43. The molecule has 3 aromatic carbocycles. The third kappa shape index (κ3) is 3.48. The van der Waals surface area contributed by atoms with E-state index in [2.05, 4.69) is 5.32 Å². The van der Waals surface area contributed by atoms with Gasteiger partial charge in [0.2, 0.25) is 0 Å². The van der Waals surface area contributed by atoms with Gasteiger partial charge < -0.3 is 10.2 Å². The number of fused-ring (bicyclic) bond motifs is 1. The molecule has 0 aromatic heterocycles. The van der Waals surface area contributed by atoms with Gasteiger partial charge in [-0.3, -0.25) is 4.79 Å². The summed E-state index contributed by atoms with van der Waals surface area (Å²) in [4.78, 5) is 14.9. The van der Waals surface area contributed by atoms with Gasteiger partial charge in [-0.05, 0) is 67.9 Å². The molecular weight excluding hydrogens is 358 g/mol. The van der Waals surface area contributed by atoms with Crippen LogP contribution in [0.2, 0.25) is 0 Å². The van der Waals surface area contributed by atoms with E-state index in [1.807, 2.05) is 25.1 Å². The van der Waals surface area contributed by atoms with E-state index in [0.29, 0.717) is 23.2 Å². The molecule has 1 N–H and O–H groups in total. The van der Waals surface area contributed by atoms with Crippen LogP contribution in [0, 0.1) is 11.6 Å². The first-order chi connectivity index (χ1) is 13.5. The lowest BCUT2D eigenvalue weighted by Gasteiger charge is -2.40. The largest absolute Gasteiger partial charge is 0.378 e. The van der Waals surface area contributed by atoms with Gasteiger partial charge in [-0.25, -0.2) is 8.78 Å². The lowest BCUT2D eigenvalue weighted by Crippen LogP contribution is -2.44. The molecule has 0 unspecified atom stereocenters. The molecule has 1 heterocycles. The number of carbonyl (C=O) groups is 1. The van der Waals surface area contributed by atoms with Crippen molar-refractivity contribution in [2.45, 2.75) is 25.4 Å². The van der Waals surface area contributed by atoms with E-state index < -0.39 is 0 Å². The average molecular weight is 378 g/mol. The quantitative estimate of drug-likeness (QED) is 0.647. The van der Waals surface area contributed by atoms with Crippen LogP contribution in [0.15, 0.2) is 72.8 Å². The van der Waals surface area contributed by atoms with Gasteiger partial charge in [-0.2, -0.15) is 0 Å². The third-order valence-electron chi connectivity index (χ3n) is 5.07. The van der Waals surface area contributed by atoms with Crippen LogP contribution in [-0.2, 0) is 0 Å². The number of nitrogens with zero attached hydrogens (tertiary/aromatic N) is 1. The molecule has 1 amide bonds. The Kier molecular flexibility index (Phi) is 4.82. The van der Waals surface area contributed by atoms with Crippen molar-refractivity contribution in [2.75, 3.05) is 10.2 Å². The van der Waals surface area contributed by atoms with Crippen molar-refractivity contribution in [3.8, 4) is 0 Å². The Labute approximate surface area is 162 Å². The molecule has 5 heteroatoms. The summed E-state index contributed by atoms with van der Waals surface area (Å²) in [6.45, 7) is 1.98. The highest BCUT2D eigenvalue weighted by Gasteiger charge is 2.34. The van der Waals surface area contributed by atoms with Crippen LogP contribution in [0.5, 0.6) is 0 Å². The Balaban J connectivity index is 1.71. The zero-order chi connectivity index (χ0) is 19.7. The van der Waals surface area contributed by atoms with Gasteiger partial charge in [0.05, 0.1) is 6.04 Å². The van der Waals surface area contributed by atoms with Crippen LogP contribution >= 0.6 is 0 Å². The number of halogens is 2. The first-order valence-corrected chi connectivity index (χ1v) is 9.23. The SMILES string of the molecule is C[C@@H]1C[C@@H](Nc2ccc(F)cc2)c2cc(F)ccc2N1C(=O)c1ccccc1. The smallest absolute Gasteiger partial charge is 0.258 e. The average Bonchev–Trinajstić information content (AvgIpc) is 2.70. The predicted molar refractivity (Wildman–Crippen MR) is 106 cm³/mol. The van der Waals surface area contributed by atoms with E-state index in [4.69, 9.17) is 0 Å². The van der Waals surface area contributed by atoms with Crippen molar-refractivity contribution in [3.05, 3.63) is 95.6 Å². The Morgan fingerprint density at radius 3 is 2.36 bits per heavy atom. The summed E-state index contributed by atoms with van der Waals surface area (Å²) in [7, 11) is 0. The molecule has 0 spiro atoms. The normalized spacial score (nSPS) is 18.5. The van der Waals surface area contributed by atoms with E-state index in [-0.39, 0.29) is 29.6 Å². The van der Waals surface area contributed by atoms with Crippen LogP contribution < -0.4 is 10.2 Å². The topological polar surface area (TPSA) is 32.3 Å². The molecule has 3 nitrogen and oxygen atoms in total. The summed E-state index contributed by atoms with van der Waals surface area (Å²) in [5.41, 5.74) is 2.74. The van der Waals surface area contributed by atoms with Crippen LogP contribution in [0.1, 0.15) is 35.3 Å². The van der Waals surface area contributed by atoms with Crippen LogP contribution in [0.3, 0.4) is 0 Å². The monoisotopic (exact) mass is 378 g/mol. The summed E-state index contributed by atoms with van der Waals surface area (Å²) in [5, 5.41) is 3.35. The summed E-state index contributed by atoms with van der Waals surface area (Å²) in [6.07, 6.45) is 0.604. The molecule has 0 saturated heterocycles. The molecule has 2 atom stereocenters. The van der Waals surface area contributed by atoms with Crippen LogP contribution in [0.25, 0.3) is 0 Å². The van der Waals surface area contributed by atoms with E-state index in [1.165, 1.54) is 24.3 Å². The molecule has 0 aliphatic carbocycles. The molecule has 3 aromatic rings. The van der Waals surface area contributed by atoms with Gasteiger partial charge in [-0.15, -0.1) is 0 Å². The summed E-state index contributed by atoms with van der Waals surface area (Å²) in [6, 6.07) is 19.4. The molecule has 0 bridgehead atoms. The Morgan fingerprint density at radius 1 is 0.964 bits per heavy atom. The molecule has 1 aliphatic heterocycles. The van der Waals surface area contributed by atoms with Gasteiger partial charge in [0, 0.05) is 28.5 Å². The molecule has 0 fully saturated rings. The highest BCUT2D eigenvalue weighted by atomic mass is 19.1. The minimum Gasteiger partial charge on any atom is -0.378 e. The van der Waals surface area contributed by atoms with E-state index in [0.717, 1.165) is 5.69 Å². The van der Waals surface area contributed by atoms with Crippen molar-refractivity contribution in [1.29, 1.82) is 0 Å². The third-order valence-corrected chi connectivity index (χ3v) is 5.07. The zero-order valence-electron chi connectivity index (χ0n) is 15.4. The first-order valence-electron chi connectivity index (χ1n) is 9.23. The van der Waals surface area contributed by atoms with Crippen LogP contribution in [0.4, 0.5) is 20.2 Å². The van der Waals surface area contributed by atoms with Gasteiger partial charge in [0.1, 0.15) is 11.6 Å². The summed E-state index contributed by atoms with van der Waals surface area (Å²) in [5.74, 6) is -0.777. The molecule has 0 saturated carbocycles. The fourth-order valence-electron chi connectivity index (χ4n) is 3.75. The first kappa shape index (κ1) is 18.2. The van der Waals surface area contributed by atoms with Crippen molar-refractivity contribution in [3.63, 3.8) is 0 Å². The predicted octanol–water partition coefficient (Wildman–Crippen LogP) is 5.56. The summed E-state index contributed by atoms with van der Waals surface area (Å²) >= 11 is 0. The van der Waals surface area contributed by atoms with Gasteiger partial charge in [-0.1, -0.05) is 18.2 Å². The number of amides is 1. The number of anilines is 2. The van der Waals surface area contributed by atoms with E-state index >= 15 is 0 Å². The zero-order valence-corrected chi connectivity index (χ0v) is 15.4. The Morgan fingerprint density at radius 2 is 1.64 bits per heavy atom. The van der Waals surface area contributed by atoms with E-state index in [1.54, 1.807) is 35.2 Å². The van der Waals surface area contributed by atoms with Gasteiger partial charge in [0.15, 0.2) is 0 Å². The van der Waals surface area contributed by atoms with Gasteiger partial charge >= 0.3 is 0 Å². The standard InChI is InChI=1S/C23H20F2N2O/c1-15-13-21(26-19-10-7-17(24)8-11-19)20-14-18(25)9-12-22(20)27(15)23(28)16-5-3-2-4-6-16/h2-12,14-15,21,26H,13H2,1H3/t15-,21-/m1/s1.